The number of carbonyl (C=O) groups is 1. The molecule has 0 atom stereocenters. The lowest BCUT2D eigenvalue weighted by atomic mass is 10.1. The molecule has 1 aliphatic rings. The van der Waals surface area contributed by atoms with Gasteiger partial charge in [-0.05, 0) is 43.4 Å². The van der Waals surface area contributed by atoms with Crippen molar-refractivity contribution in [2.24, 2.45) is 5.14 Å². The summed E-state index contributed by atoms with van der Waals surface area (Å²) in [6.07, 6.45) is 5.29. The van der Waals surface area contributed by atoms with Crippen LogP contribution in [-0.2, 0) is 16.4 Å². The predicted molar refractivity (Wildman–Crippen MR) is 102 cm³/mol. The first-order valence-corrected chi connectivity index (χ1v) is 10.4. The number of piperidine rings is 1. The third-order valence-corrected chi connectivity index (χ3v) is 5.43. The Balaban J connectivity index is 1.56. The van der Waals surface area contributed by atoms with Crippen LogP contribution < -0.4 is 10.5 Å². The van der Waals surface area contributed by atoms with Crippen LogP contribution in [-0.4, -0.2) is 48.8 Å². The number of sulfonamides is 1. The van der Waals surface area contributed by atoms with E-state index in [1.165, 1.54) is 24.9 Å². The quantitative estimate of drug-likeness (QED) is 0.771. The molecule has 1 saturated heterocycles. The first kappa shape index (κ1) is 19.2. The number of anilines is 1. The third kappa shape index (κ3) is 5.24. The van der Waals surface area contributed by atoms with Crippen LogP contribution in [0.3, 0.4) is 0 Å². The van der Waals surface area contributed by atoms with Crippen molar-refractivity contribution in [2.75, 3.05) is 25.0 Å². The average Bonchev–Trinajstić information content (AvgIpc) is 2.68. The van der Waals surface area contributed by atoms with E-state index in [-0.39, 0.29) is 10.8 Å². The average molecular weight is 389 g/mol. The number of carbonyl (C=O) groups excluding carboxylic acids is 1. The summed E-state index contributed by atoms with van der Waals surface area (Å²) in [5.74, 6) is 0.533. The molecule has 0 aliphatic carbocycles. The van der Waals surface area contributed by atoms with Crippen molar-refractivity contribution in [3.63, 3.8) is 0 Å². The molecule has 1 aromatic carbocycles. The minimum absolute atomic E-state index is 0.0567. The number of likely N-dealkylation sites (tertiary alicyclic amines) is 1. The highest BCUT2D eigenvalue weighted by molar-refractivity contribution is 7.89. The highest BCUT2D eigenvalue weighted by atomic mass is 32.2. The summed E-state index contributed by atoms with van der Waals surface area (Å²) in [6, 6.07) is 8.11. The van der Waals surface area contributed by atoms with Crippen LogP contribution in [0.1, 0.15) is 35.3 Å². The summed E-state index contributed by atoms with van der Waals surface area (Å²) >= 11 is 0. The summed E-state index contributed by atoms with van der Waals surface area (Å²) < 4.78 is 22.5. The van der Waals surface area contributed by atoms with Gasteiger partial charge in [-0.25, -0.2) is 23.5 Å². The molecule has 1 fully saturated rings. The van der Waals surface area contributed by atoms with Crippen molar-refractivity contribution in [3.05, 3.63) is 47.9 Å². The van der Waals surface area contributed by atoms with E-state index in [0.717, 1.165) is 31.5 Å². The van der Waals surface area contributed by atoms with Crippen molar-refractivity contribution in [3.8, 4) is 0 Å². The van der Waals surface area contributed by atoms with Gasteiger partial charge in [0.1, 0.15) is 17.8 Å². The lowest BCUT2D eigenvalue weighted by Gasteiger charge is -2.26. The van der Waals surface area contributed by atoms with Gasteiger partial charge in [0, 0.05) is 25.7 Å². The van der Waals surface area contributed by atoms with Crippen LogP contribution >= 0.6 is 0 Å². The van der Waals surface area contributed by atoms with Crippen LogP contribution in [0.5, 0.6) is 0 Å². The number of amides is 1. The summed E-state index contributed by atoms with van der Waals surface area (Å²) in [4.78, 5) is 22.7. The molecule has 0 bridgehead atoms. The first-order chi connectivity index (χ1) is 12.9. The van der Waals surface area contributed by atoms with Crippen LogP contribution in [0.4, 0.5) is 5.82 Å². The molecule has 0 saturated carbocycles. The van der Waals surface area contributed by atoms with Gasteiger partial charge >= 0.3 is 0 Å². The molecule has 1 aromatic heterocycles. The van der Waals surface area contributed by atoms with E-state index in [0.29, 0.717) is 24.5 Å². The Kier molecular flexibility index (Phi) is 6.02. The molecule has 2 aromatic rings. The summed E-state index contributed by atoms with van der Waals surface area (Å²) in [5, 5.41) is 8.26. The minimum atomic E-state index is -3.67. The fourth-order valence-corrected chi connectivity index (χ4v) is 3.53. The van der Waals surface area contributed by atoms with Gasteiger partial charge in [-0.3, -0.25) is 4.79 Å². The number of nitrogens with two attached hydrogens (primary N) is 1. The van der Waals surface area contributed by atoms with Gasteiger partial charge in [0.05, 0.1) is 4.90 Å². The molecule has 0 radical (unpaired) electrons. The molecule has 144 valence electrons. The van der Waals surface area contributed by atoms with Crippen molar-refractivity contribution < 1.29 is 13.2 Å². The fourth-order valence-electron chi connectivity index (χ4n) is 3.01. The van der Waals surface area contributed by atoms with Gasteiger partial charge in [-0.15, -0.1) is 0 Å². The molecule has 2 heterocycles. The van der Waals surface area contributed by atoms with Gasteiger partial charge in [-0.2, -0.15) is 0 Å². The molecular formula is C18H23N5O3S. The zero-order valence-electron chi connectivity index (χ0n) is 15.0. The van der Waals surface area contributed by atoms with Crippen molar-refractivity contribution >= 4 is 21.7 Å². The topological polar surface area (TPSA) is 118 Å². The second-order valence-corrected chi connectivity index (χ2v) is 8.07. The number of hydrogen-bond acceptors (Lipinski definition) is 6. The molecule has 0 unspecified atom stereocenters. The van der Waals surface area contributed by atoms with Gasteiger partial charge in [0.15, 0.2) is 0 Å². The molecule has 8 nitrogen and oxygen atoms in total. The van der Waals surface area contributed by atoms with E-state index < -0.39 is 10.0 Å². The van der Waals surface area contributed by atoms with Crippen molar-refractivity contribution in [1.29, 1.82) is 0 Å². The monoisotopic (exact) mass is 389 g/mol. The number of aromatic nitrogens is 2. The number of hydrogen-bond donors (Lipinski definition) is 2. The van der Waals surface area contributed by atoms with E-state index in [1.807, 2.05) is 4.90 Å². The van der Waals surface area contributed by atoms with E-state index in [4.69, 9.17) is 5.14 Å². The Labute approximate surface area is 158 Å². The normalized spacial score (nSPS) is 14.8. The molecule has 0 spiro atoms. The van der Waals surface area contributed by atoms with Gasteiger partial charge in [0.25, 0.3) is 5.91 Å². The number of benzene rings is 1. The van der Waals surface area contributed by atoms with Crippen molar-refractivity contribution in [2.45, 2.75) is 30.6 Å². The minimum Gasteiger partial charge on any atom is -0.370 e. The Morgan fingerprint density at radius 1 is 1.11 bits per heavy atom. The van der Waals surface area contributed by atoms with Gasteiger partial charge in [-0.1, -0.05) is 12.1 Å². The third-order valence-electron chi connectivity index (χ3n) is 4.50. The molecule has 27 heavy (non-hydrogen) atoms. The molecular weight excluding hydrogens is 366 g/mol. The summed E-state index contributed by atoms with van der Waals surface area (Å²) in [6.45, 7) is 2.14. The number of primary sulfonamides is 1. The largest absolute Gasteiger partial charge is 0.370 e. The maximum atomic E-state index is 12.5. The summed E-state index contributed by atoms with van der Waals surface area (Å²) in [7, 11) is -3.67. The van der Waals surface area contributed by atoms with Gasteiger partial charge < -0.3 is 10.2 Å². The van der Waals surface area contributed by atoms with E-state index >= 15 is 0 Å². The standard InChI is InChI=1S/C18H23N5O3S/c19-27(25,26)15-6-4-14(5-7-15)8-9-20-17-12-16(21-13-22-17)18(24)23-10-2-1-3-11-23/h4-7,12-13H,1-3,8-11H2,(H2,19,25,26)(H,20,21,22). The second kappa shape index (κ2) is 8.45. The van der Waals surface area contributed by atoms with Crippen LogP contribution in [0.25, 0.3) is 0 Å². The Bertz CT molecular complexity index is 893. The second-order valence-electron chi connectivity index (χ2n) is 6.51. The zero-order chi connectivity index (χ0) is 19.3. The lowest BCUT2D eigenvalue weighted by Crippen LogP contribution is -2.36. The highest BCUT2D eigenvalue weighted by Gasteiger charge is 2.19. The maximum absolute atomic E-state index is 12.5. The zero-order valence-corrected chi connectivity index (χ0v) is 15.8. The van der Waals surface area contributed by atoms with Crippen molar-refractivity contribution in [1.82, 2.24) is 14.9 Å². The smallest absolute Gasteiger partial charge is 0.272 e. The van der Waals surface area contributed by atoms with Crippen LogP contribution in [0.15, 0.2) is 41.6 Å². The van der Waals surface area contributed by atoms with E-state index in [2.05, 4.69) is 15.3 Å². The van der Waals surface area contributed by atoms with Crippen LogP contribution in [0, 0.1) is 0 Å². The maximum Gasteiger partial charge on any atom is 0.272 e. The molecule has 1 amide bonds. The number of rotatable bonds is 6. The lowest BCUT2D eigenvalue weighted by molar-refractivity contribution is 0.0718. The van der Waals surface area contributed by atoms with Gasteiger partial charge in [0.2, 0.25) is 10.0 Å². The molecule has 9 heteroatoms. The highest BCUT2D eigenvalue weighted by Crippen LogP contribution is 2.14. The van der Waals surface area contributed by atoms with Crippen LogP contribution in [0.2, 0.25) is 0 Å². The Hall–Kier alpha value is -2.52. The number of nitrogens with zero attached hydrogens (tertiary/aromatic N) is 3. The summed E-state index contributed by atoms with van der Waals surface area (Å²) in [5.41, 5.74) is 1.36. The molecule has 1 aliphatic heterocycles. The predicted octanol–water partition coefficient (Wildman–Crippen LogP) is 1.40. The van der Waals surface area contributed by atoms with E-state index in [9.17, 15) is 13.2 Å². The Morgan fingerprint density at radius 3 is 2.48 bits per heavy atom. The molecule has 3 N–H and O–H groups in total. The van der Waals surface area contributed by atoms with E-state index in [1.54, 1.807) is 18.2 Å². The SMILES string of the molecule is NS(=O)(=O)c1ccc(CCNc2cc(C(=O)N3CCCCC3)ncn2)cc1. The first-order valence-electron chi connectivity index (χ1n) is 8.90. The fraction of sp³-hybridized carbons (Fsp3) is 0.389. The Morgan fingerprint density at radius 2 is 1.81 bits per heavy atom. The number of nitrogens with one attached hydrogen (secondary N) is 1. The molecule has 3 rings (SSSR count).